The van der Waals surface area contributed by atoms with E-state index in [1.54, 1.807) is 26.4 Å². The Balaban J connectivity index is 1.80. The summed E-state index contributed by atoms with van der Waals surface area (Å²) in [5.74, 6) is 1.21. The third-order valence-corrected chi connectivity index (χ3v) is 4.38. The minimum absolute atomic E-state index is 0.0690. The number of rotatable bonds is 8. The Labute approximate surface area is 157 Å². The van der Waals surface area contributed by atoms with E-state index >= 15 is 0 Å². The number of carbonyl (C=O) groups is 1. The number of carbonyl (C=O) groups excluding carboxylic acids is 1. The maximum absolute atomic E-state index is 12.0. The van der Waals surface area contributed by atoms with Crippen LogP contribution in [0.3, 0.4) is 0 Å². The quantitative estimate of drug-likeness (QED) is 0.720. The lowest BCUT2D eigenvalue weighted by Gasteiger charge is -2.11. The first-order chi connectivity index (χ1) is 12.0. The number of hydrogen-bond acceptors (Lipinski definition) is 4. The van der Waals surface area contributed by atoms with Crippen molar-refractivity contribution >= 4 is 34.8 Å². The molecular weight excluding hydrogens is 363 g/mol. The van der Waals surface area contributed by atoms with Gasteiger partial charge < -0.3 is 20.1 Å². The van der Waals surface area contributed by atoms with Gasteiger partial charge in [-0.05, 0) is 29.8 Å². The Bertz CT molecular complexity index is 738. The Morgan fingerprint density at radius 3 is 2.56 bits per heavy atom. The van der Waals surface area contributed by atoms with Gasteiger partial charge >= 0.3 is 0 Å². The molecule has 0 saturated heterocycles. The van der Waals surface area contributed by atoms with Gasteiger partial charge in [-0.2, -0.15) is 0 Å². The van der Waals surface area contributed by atoms with Crippen molar-refractivity contribution in [2.24, 2.45) is 0 Å². The summed E-state index contributed by atoms with van der Waals surface area (Å²) in [7, 11) is 3.16. The zero-order valence-electron chi connectivity index (χ0n) is 14.1. The predicted octanol–water partition coefficient (Wildman–Crippen LogP) is 4.13. The van der Waals surface area contributed by atoms with Gasteiger partial charge in [-0.3, -0.25) is 4.79 Å². The molecule has 2 rings (SSSR count). The highest BCUT2D eigenvalue weighted by Crippen LogP contribution is 2.29. The zero-order valence-corrected chi connectivity index (χ0v) is 15.6. The number of anilines is 1. The van der Waals surface area contributed by atoms with Crippen molar-refractivity contribution in [3.8, 4) is 11.5 Å². The van der Waals surface area contributed by atoms with Gasteiger partial charge in [-0.1, -0.05) is 35.3 Å². The van der Waals surface area contributed by atoms with Gasteiger partial charge in [0.05, 0.1) is 30.0 Å². The third kappa shape index (κ3) is 5.44. The summed E-state index contributed by atoms with van der Waals surface area (Å²) < 4.78 is 10.4. The Morgan fingerprint density at radius 2 is 1.84 bits per heavy atom. The van der Waals surface area contributed by atoms with Gasteiger partial charge in [0, 0.05) is 19.5 Å². The fraction of sp³-hybridized carbons (Fsp3) is 0.278. The Kier molecular flexibility index (Phi) is 7.22. The van der Waals surface area contributed by atoms with E-state index in [1.165, 1.54) is 0 Å². The molecule has 0 atom stereocenters. The van der Waals surface area contributed by atoms with Crippen LogP contribution in [0.2, 0.25) is 10.0 Å². The van der Waals surface area contributed by atoms with Gasteiger partial charge in [-0.25, -0.2) is 0 Å². The molecule has 0 aliphatic rings. The highest BCUT2D eigenvalue weighted by atomic mass is 35.5. The fourth-order valence-corrected chi connectivity index (χ4v) is 2.60. The first-order valence-electron chi connectivity index (χ1n) is 7.70. The number of benzene rings is 2. The van der Waals surface area contributed by atoms with E-state index in [0.717, 1.165) is 5.56 Å². The molecule has 0 bridgehead atoms. The van der Waals surface area contributed by atoms with Gasteiger partial charge in [0.1, 0.15) is 0 Å². The SMILES string of the molecule is COc1ccc(CNC(=O)CCNc2cccc(Cl)c2Cl)cc1OC. The smallest absolute Gasteiger partial charge is 0.222 e. The molecule has 2 N–H and O–H groups in total. The van der Waals surface area contributed by atoms with Crippen molar-refractivity contribution < 1.29 is 14.3 Å². The highest BCUT2D eigenvalue weighted by molar-refractivity contribution is 6.43. The number of halogens is 2. The molecule has 2 aromatic rings. The topological polar surface area (TPSA) is 59.6 Å². The van der Waals surface area contributed by atoms with Crippen molar-refractivity contribution in [2.75, 3.05) is 26.1 Å². The van der Waals surface area contributed by atoms with Crippen molar-refractivity contribution in [1.29, 1.82) is 0 Å². The number of amides is 1. The van der Waals surface area contributed by atoms with Gasteiger partial charge in [-0.15, -0.1) is 0 Å². The first-order valence-corrected chi connectivity index (χ1v) is 8.46. The molecule has 0 aliphatic heterocycles. The number of nitrogens with one attached hydrogen (secondary N) is 2. The minimum atomic E-state index is -0.0690. The average Bonchev–Trinajstić information content (AvgIpc) is 2.63. The Morgan fingerprint density at radius 1 is 1.08 bits per heavy atom. The molecule has 0 unspecified atom stereocenters. The van der Waals surface area contributed by atoms with Crippen LogP contribution in [0.25, 0.3) is 0 Å². The first kappa shape index (κ1) is 19.2. The maximum atomic E-state index is 12.0. The molecule has 25 heavy (non-hydrogen) atoms. The van der Waals surface area contributed by atoms with Crippen LogP contribution in [-0.4, -0.2) is 26.7 Å². The summed E-state index contributed by atoms with van der Waals surface area (Å²) in [6.45, 7) is 0.870. The van der Waals surface area contributed by atoms with Crippen molar-refractivity contribution in [2.45, 2.75) is 13.0 Å². The molecule has 0 aromatic heterocycles. The third-order valence-electron chi connectivity index (χ3n) is 3.56. The minimum Gasteiger partial charge on any atom is -0.493 e. The lowest BCUT2D eigenvalue weighted by Crippen LogP contribution is -2.24. The number of ether oxygens (including phenoxy) is 2. The van der Waals surface area contributed by atoms with Crippen LogP contribution in [0.4, 0.5) is 5.69 Å². The van der Waals surface area contributed by atoms with Crippen LogP contribution in [-0.2, 0) is 11.3 Å². The summed E-state index contributed by atoms with van der Waals surface area (Å²) in [5, 5.41) is 6.90. The summed E-state index contributed by atoms with van der Waals surface area (Å²) in [6, 6.07) is 10.9. The van der Waals surface area contributed by atoms with Crippen LogP contribution in [0.1, 0.15) is 12.0 Å². The summed E-state index contributed by atoms with van der Waals surface area (Å²) >= 11 is 12.0. The molecule has 7 heteroatoms. The summed E-state index contributed by atoms with van der Waals surface area (Å²) in [4.78, 5) is 12.0. The normalized spacial score (nSPS) is 10.2. The standard InChI is InChI=1S/C18H20Cl2N2O3/c1-24-15-7-6-12(10-16(15)25-2)11-22-17(23)8-9-21-14-5-3-4-13(19)18(14)20/h3-7,10,21H,8-9,11H2,1-2H3,(H,22,23). The monoisotopic (exact) mass is 382 g/mol. The second kappa shape index (κ2) is 9.39. The van der Waals surface area contributed by atoms with Crippen LogP contribution in [0, 0.1) is 0 Å². The van der Waals surface area contributed by atoms with E-state index in [0.29, 0.717) is 46.7 Å². The van der Waals surface area contributed by atoms with Crippen molar-refractivity contribution in [3.05, 3.63) is 52.0 Å². The second-order valence-corrected chi connectivity index (χ2v) is 6.03. The number of hydrogen-bond donors (Lipinski definition) is 2. The van der Waals surface area contributed by atoms with E-state index in [4.69, 9.17) is 32.7 Å². The molecule has 0 spiro atoms. The fourth-order valence-electron chi connectivity index (χ4n) is 2.23. The van der Waals surface area contributed by atoms with E-state index in [2.05, 4.69) is 10.6 Å². The van der Waals surface area contributed by atoms with E-state index in [-0.39, 0.29) is 5.91 Å². The average molecular weight is 383 g/mol. The zero-order chi connectivity index (χ0) is 18.2. The van der Waals surface area contributed by atoms with Crippen LogP contribution in [0.5, 0.6) is 11.5 Å². The molecule has 2 aromatic carbocycles. The van der Waals surface area contributed by atoms with Gasteiger partial charge in [0.25, 0.3) is 0 Å². The molecule has 0 aliphatic carbocycles. The van der Waals surface area contributed by atoms with Crippen LogP contribution >= 0.6 is 23.2 Å². The Hall–Kier alpha value is -2.11. The molecule has 5 nitrogen and oxygen atoms in total. The molecular formula is C18H20Cl2N2O3. The van der Waals surface area contributed by atoms with E-state index in [1.807, 2.05) is 24.3 Å². The van der Waals surface area contributed by atoms with Crippen molar-refractivity contribution in [3.63, 3.8) is 0 Å². The summed E-state index contributed by atoms with van der Waals surface area (Å²) in [6.07, 6.45) is 0.316. The van der Waals surface area contributed by atoms with Crippen LogP contribution in [0.15, 0.2) is 36.4 Å². The summed E-state index contributed by atoms with van der Waals surface area (Å²) in [5.41, 5.74) is 1.64. The molecule has 0 fully saturated rings. The van der Waals surface area contributed by atoms with E-state index < -0.39 is 0 Å². The largest absolute Gasteiger partial charge is 0.493 e. The highest BCUT2D eigenvalue weighted by Gasteiger charge is 2.07. The molecule has 1 amide bonds. The van der Waals surface area contributed by atoms with E-state index in [9.17, 15) is 4.79 Å². The predicted molar refractivity (Wildman–Crippen MR) is 101 cm³/mol. The lowest BCUT2D eigenvalue weighted by molar-refractivity contribution is -0.121. The van der Waals surface area contributed by atoms with Gasteiger partial charge in [0.2, 0.25) is 5.91 Å². The molecule has 0 heterocycles. The van der Waals surface area contributed by atoms with Crippen LogP contribution < -0.4 is 20.1 Å². The maximum Gasteiger partial charge on any atom is 0.222 e. The van der Waals surface area contributed by atoms with Crippen molar-refractivity contribution in [1.82, 2.24) is 5.32 Å². The number of methoxy groups -OCH3 is 2. The molecule has 134 valence electrons. The second-order valence-electron chi connectivity index (χ2n) is 5.24. The lowest BCUT2D eigenvalue weighted by atomic mass is 10.2. The van der Waals surface area contributed by atoms with Gasteiger partial charge in [0.15, 0.2) is 11.5 Å². The molecule has 0 saturated carbocycles. The molecule has 0 radical (unpaired) electrons.